The molecule has 0 bridgehead atoms. The van der Waals surface area contributed by atoms with Crippen LogP contribution in [0.3, 0.4) is 0 Å². The summed E-state index contributed by atoms with van der Waals surface area (Å²) in [5, 5.41) is 11.1. The number of ether oxygens (including phenoxy) is 1. The summed E-state index contributed by atoms with van der Waals surface area (Å²) in [6.07, 6.45) is 0. The molecular formula is C16H27N7O3. The number of aryl methyl sites for hydroxylation is 1. The van der Waals surface area contributed by atoms with Gasteiger partial charge < -0.3 is 15.0 Å². The lowest BCUT2D eigenvalue weighted by atomic mass is 10.3. The molecule has 0 aromatic carbocycles. The van der Waals surface area contributed by atoms with Crippen molar-refractivity contribution in [2.75, 3.05) is 32.8 Å². The van der Waals surface area contributed by atoms with Crippen molar-refractivity contribution >= 4 is 11.2 Å². The van der Waals surface area contributed by atoms with E-state index in [1.165, 1.54) is 18.7 Å². The molecule has 2 aromatic rings. The predicted molar refractivity (Wildman–Crippen MR) is 98.6 cm³/mol. The number of nitrogens with one attached hydrogen (secondary N) is 1. The molecule has 0 radical (unpaired) electrons. The zero-order valence-corrected chi connectivity index (χ0v) is 16.0. The van der Waals surface area contributed by atoms with Gasteiger partial charge in [0.15, 0.2) is 11.2 Å². The van der Waals surface area contributed by atoms with E-state index in [9.17, 15) is 9.59 Å². The zero-order valence-electron chi connectivity index (χ0n) is 16.0. The van der Waals surface area contributed by atoms with Crippen molar-refractivity contribution in [1.82, 2.24) is 34.5 Å². The second-order valence-electron chi connectivity index (χ2n) is 6.17. The molecule has 0 fully saturated rings. The average Bonchev–Trinajstić information content (AvgIpc) is 2.66. The zero-order chi connectivity index (χ0) is 19.3. The predicted octanol–water partition coefficient (Wildman–Crippen LogP) is -0.879. The fourth-order valence-electron chi connectivity index (χ4n) is 2.56. The number of hydrogen-bond acceptors (Lipinski definition) is 8. The van der Waals surface area contributed by atoms with Crippen LogP contribution in [0.25, 0.3) is 11.2 Å². The van der Waals surface area contributed by atoms with Crippen LogP contribution in [0.15, 0.2) is 9.59 Å². The van der Waals surface area contributed by atoms with Crippen molar-refractivity contribution in [3.63, 3.8) is 0 Å². The van der Waals surface area contributed by atoms with Gasteiger partial charge in [-0.1, -0.05) is 18.9 Å². The molecule has 0 aliphatic carbocycles. The Labute approximate surface area is 151 Å². The van der Waals surface area contributed by atoms with Gasteiger partial charge in [0.2, 0.25) is 0 Å². The Bertz CT molecular complexity index is 857. The fourth-order valence-corrected chi connectivity index (χ4v) is 2.56. The van der Waals surface area contributed by atoms with Gasteiger partial charge in [0.25, 0.3) is 5.56 Å². The molecule has 2 aromatic heterocycles. The highest BCUT2D eigenvalue weighted by Gasteiger charge is 2.14. The van der Waals surface area contributed by atoms with E-state index < -0.39 is 11.2 Å². The highest BCUT2D eigenvalue weighted by molar-refractivity contribution is 5.67. The minimum absolute atomic E-state index is 0.0191. The monoisotopic (exact) mass is 365 g/mol. The van der Waals surface area contributed by atoms with Crippen LogP contribution >= 0.6 is 0 Å². The first-order valence-corrected chi connectivity index (χ1v) is 8.78. The van der Waals surface area contributed by atoms with Crippen LogP contribution in [-0.2, 0) is 14.1 Å². The van der Waals surface area contributed by atoms with Crippen LogP contribution in [0.2, 0.25) is 0 Å². The molecule has 1 atom stereocenters. The summed E-state index contributed by atoms with van der Waals surface area (Å²) in [6.45, 7) is 10.5. The maximum Gasteiger partial charge on any atom is 0.336 e. The van der Waals surface area contributed by atoms with Gasteiger partial charge in [0.1, 0.15) is 6.61 Å². The molecule has 0 amide bonds. The molecule has 1 unspecified atom stereocenters. The van der Waals surface area contributed by atoms with E-state index in [1.54, 1.807) is 0 Å². The Kier molecular flexibility index (Phi) is 6.81. The van der Waals surface area contributed by atoms with E-state index in [4.69, 9.17) is 4.74 Å². The highest BCUT2D eigenvalue weighted by Crippen LogP contribution is 2.05. The maximum absolute atomic E-state index is 12.2. The molecule has 0 saturated heterocycles. The lowest BCUT2D eigenvalue weighted by molar-refractivity contribution is 0.241. The minimum Gasteiger partial charge on any atom is -0.461 e. The number of likely N-dealkylation sites (N-methyl/N-ethyl adjacent to an activating group) is 1. The normalized spacial score (nSPS) is 12.7. The summed E-state index contributed by atoms with van der Waals surface area (Å²) in [5.74, 6) is 0. The Morgan fingerprint density at radius 2 is 1.85 bits per heavy atom. The van der Waals surface area contributed by atoms with Crippen LogP contribution in [-0.4, -0.2) is 68.0 Å². The highest BCUT2D eigenvalue weighted by atomic mass is 16.5. The number of rotatable bonds is 9. The molecule has 0 aliphatic rings. The molecule has 2 heterocycles. The van der Waals surface area contributed by atoms with Gasteiger partial charge in [0.05, 0.1) is 0 Å². The van der Waals surface area contributed by atoms with Crippen molar-refractivity contribution in [3.05, 3.63) is 20.8 Å². The first-order chi connectivity index (χ1) is 12.4. The third-order valence-electron chi connectivity index (χ3n) is 4.33. The van der Waals surface area contributed by atoms with Crippen molar-refractivity contribution in [2.24, 2.45) is 14.1 Å². The quantitative estimate of drug-likeness (QED) is 0.611. The molecule has 26 heavy (non-hydrogen) atoms. The van der Waals surface area contributed by atoms with Crippen LogP contribution in [0.5, 0.6) is 6.01 Å². The largest absolute Gasteiger partial charge is 0.461 e. The fraction of sp³-hybridized carbons (Fsp3) is 0.688. The molecule has 144 valence electrons. The molecule has 0 aliphatic heterocycles. The van der Waals surface area contributed by atoms with Crippen molar-refractivity contribution < 1.29 is 4.74 Å². The number of hydrogen-bond donors (Lipinski definition) is 1. The molecule has 10 heteroatoms. The van der Waals surface area contributed by atoms with Crippen LogP contribution in [0, 0.1) is 0 Å². The second kappa shape index (κ2) is 8.86. The Hall–Kier alpha value is -2.33. The Balaban J connectivity index is 2.01. The molecule has 10 nitrogen and oxygen atoms in total. The van der Waals surface area contributed by atoms with E-state index in [1.807, 2.05) is 6.92 Å². The summed E-state index contributed by atoms with van der Waals surface area (Å²) < 4.78 is 7.77. The van der Waals surface area contributed by atoms with E-state index >= 15 is 0 Å². The third kappa shape index (κ3) is 4.44. The van der Waals surface area contributed by atoms with Crippen molar-refractivity contribution in [3.8, 4) is 6.01 Å². The first-order valence-electron chi connectivity index (χ1n) is 8.78. The van der Waals surface area contributed by atoms with Gasteiger partial charge in [-0.05, 0) is 20.0 Å². The average molecular weight is 365 g/mol. The summed E-state index contributed by atoms with van der Waals surface area (Å²) in [7, 11) is 2.91. The van der Waals surface area contributed by atoms with Crippen LogP contribution in [0.4, 0.5) is 0 Å². The Morgan fingerprint density at radius 3 is 2.50 bits per heavy atom. The lowest BCUT2D eigenvalue weighted by Crippen LogP contribution is -2.39. The lowest BCUT2D eigenvalue weighted by Gasteiger charge is -2.20. The van der Waals surface area contributed by atoms with E-state index in [0.717, 1.165) is 30.7 Å². The van der Waals surface area contributed by atoms with Gasteiger partial charge in [-0.25, -0.2) is 4.79 Å². The summed E-state index contributed by atoms with van der Waals surface area (Å²) >= 11 is 0. The van der Waals surface area contributed by atoms with Gasteiger partial charge >= 0.3 is 11.7 Å². The molecule has 0 saturated carbocycles. The molecule has 0 spiro atoms. The summed E-state index contributed by atoms with van der Waals surface area (Å²) in [4.78, 5) is 30.5. The molecular weight excluding hydrogens is 338 g/mol. The number of fused-ring (bicyclic) bond motifs is 1. The smallest absolute Gasteiger partial charge is 0.336 e. The maximum atomic E-state index is 12.2. The van der Waals surface area contributed by atoms with Crippen LogP contribution in [0.1, 0.15) is 20.8 Å². The number of nitrogens with zero attached hydrogens (tertiary/aromatic N) is 6. The van der Waals surface area contributed by atoms with E-state index in [2.05, 4.69) is 39.2 Å². The second-order valence-corrected chi connectivity index (χ2v) is 6.17. The van der Waals surface area contributed by atoms with E-state index in [0.29, 0.717) is 6.61 Å². The van der Waals surface area contributed by atoms with Crippen molar-refractivity contribution in [2.45, 2.75) is 26.8 Å². The van der Waals surface area contributed by atoms with Gasteiger partial charge in [-0.3, -0.25) is 13.9 Å². The van der Waals surface area contributed by atoms with Gasteiger partial charge in [-0.2, -0.15) is 4.98 Å². The van der Waals surface area contributed by atoms with Crippen LogP contribution < -0.4 is 21.3 Å². The molecule has 1 N–H and O–H groups in total. The summed E-state index contributed by atoms with van der Waals surface area (Å²) in [5.41, 5.74) is -0.802. The number of aromatic nitrogens is 5. The topological polar surface area (TPSA) is 107 Å². The summed E-state index contributed by atoms with van der Waals surface area (Å²) in [6, 6.07) is 0.110. The van der Waals surface area contributed by atoms with Crippen molar-refractivity contribution in [1.29, 1.82) is 0 Å². The Morgan fingerprint density at radius 1 is 1.15 bits per heavy atom. The standard InChI is InChI=1S/C16H27N7O3/c1-6-23(7-2)9-8-17-11(3)10-26-15-18-12-13(19-20-15)21(4)16(25)22(5)14(12)24/h11,17H,6-10H2,1-5H3. The SMILES string of the molecule is CCN(CC)CCNC(C)COc1nnc2c(n1)c(=O)n(C)c(=O)n2C. The minimum atomic E-state index is -0.520. The first kappa shape index (κ1) is 20.0. The third-order valence-corrected chi connectivity index (χ3v) is 4.33. The van der Waals surface area contributed by atoms with Gasteiger partial charge in [-0.15, -0.1) is 5.10 Å². The molecule has 2 rings (SSSR count). The van der Waals surface area contributed by atoms with E-state index in [-0.39, 0.29) is 23.2 Å². The van der Waals surface area contributed by atoms with Gasteiger partial charge in [0, 0.05) is 33.2 Å².